The molecule has 0 fully saturated rings. The molecule has 1 heterocycles. The molecule has 2 aromatic rings. The molecule has 0 spiro atoms. The zero-order valence-electron chi connectivity index (χ0n) is 11.6. The third-order valence-corrected chi connectivity index (χ3v) is 3.49. The van der Waals surface area contributed by atoms with Crippen LogP contribution in [0.2, 0.25) is 0 Å². The molecular weight excluding hydrogens is 254 g/mol. The fourth-order valence-electron chi connectivity index (χ4n) is 2.52. The van der Waals surface area contributed by atoms with Gasteiger partial charge in [0, 0.05) is 6.54 Å². The molecule has 1 aromatic carbocycles. The standard InChI is InChI=1S/C15H21N3S/c1-3-6-11(2)10-18-13-8-5-4-7-12(13)17-15(18)9-14(16)19/h4-5,7-8,11H,3,6,9-10H2,1-2H3,(H2,16,19). The Kier molecular flexibility index (Phi) is 4.53. The molecule has 2 rings (SSSR count). The van der Waals surface area contributed by atoms with Gasteiger partial charge in [-0.3, -0.25) is 0 Å². The summed E-state index contributed by atoms with van der Waals surface area (Å²) >= 11 is 5.03. The summed E-state index contributed by atoms with van der Waals surface area (Å²) in [6.07, 6.45) is 3.00. The Morgan fingerprint density at radius 2 is 2.16 bits per heavy atom. The van der Waals surface area contributed by atoms with Gasteiger partial charge in [-0.25, -0.2) is 4.98 Å². The highest BCUT2D eigenvalue weighted by Crippen LogP contribution is 2.19. The summed E-state index contributed by atoms with van der Waals surface area (Å²) in [7, 11) is 0. The van der Waals surface area contributed by atoms with E-state index in [2.05, 4.69) is 35.5 Å². The average molecular weight is 275 g/mol. The summed E-state index contributed by atoms with van der Waals surface area (Å²) in [5, 5.41) is 0. The van der Waals surface area contributed by atoms with Crippen molar-refractivity contribution in [3.05, 3.63) is 30.1 Å². The summed E-state index contributed by atoms with van der Waals surface area (Å²) in [6, 6.07) is 8.22. The predicted molar refractivity (Wildman–Crippen MR) is 84.3 cm³/mol. The predicted octanol–water partition coefficient (Wildman–Crippen LogP) is 3.30. The molecule has 1 aromatic heterocycles. The van der Waals surface area contributed by atoms with Crippen molar-refractivity contribution < 1.29 is 0 Å². The summed E-state index contributed by atoms with van der Waals surface area (Å²) in [5.41, 5.74) is 7.89. The van der Waals surface area contributed by atoms with Gasteiger partial charge in [-0.05, 0) is 24.5 Å². The van der Waals surface area contributed by atoms with Crippen LogP contribution in [0.15, 0.2) is 24.3 Å². The Morgan fingerprint density at radius 3 is 2.84 bits per heavy atom. The van der Waals surface area contributed by atoms with Gasteiger partial charge in [0.05, 0.1) is 22.4 Å². The zero-order valence-corrected chi connectivity index (χ0v) is 12.4. The van der Waals surface area contributed by atoms with E-state index in [1.807, 2.05) is 12.1 Å². The first-order valence-electron chi connectivity index (χ1n) is 6.84. The van der Waals surface area contributed by atoms with Gasteiger partial charge in [0.15, 0.2) is 0 Å². The first kappa shape index (κ1) is 14.0. The molecular formula is C15H21N3S. The number of nitrogens with two attached hydrogens (primary N) is 1. The van der Waals surface area contributed by atoms with Gasteiger partial charge in [0.1, 0.15) is 5.82 Å². The second-order valence-electron chi connectivity index (χ2n) is 5.16. The molecule has 3 nitrogen and oxygen atoms in total. The minimum atomic E-state index is 0.500. The lowest BCUT2D eigenvalue weighted by molar-refractivity contribution is 0.446. The second kappa shape index (κ2) is 6.15. The van der Waals surface area contributed by atoms with E-state index in [9.17, 15) is 0 Å². The molecule has 0 aliphatic heterocycles. The van der Waals surface area contributed by atoms with Crippen molar-refractivity contribution in [2.75, 3.05) is 0 Å². The molecule has 0 aliphatic rings. The molecule has 0 bridgehead atoms. The Bertz CT molecular complexity index is 574. The van der Waals surface area contributed by atoms with Crippen molar-refractivity contribution in [3.63, 3.8) is 0 Å². The minimum absolute atomic E-state index is 0.500. The van der Waals surface area contributed by atoms with Crippen LogP contribution in [0.4, 0.5) is 0 Å². The number of aromatic nitrogens is 2. The van der Waals surface area contributed by atoms with Gasteiger partial charge in [0.2, 0.25) is 0 Å². The molecule has 1 unspecified atom stereocenters. The first-order valence-corrected chi connectivity index (χ1v) is 7.25. The third kappa shape index (κ3) is 3.32. The maximum absolute atomic E-state index is 5.68. The van der Waals surface area contributed by atoms with Crippen LogP contribution in [-0.2, 0) is 13.0 Å². The summed E-state index contributed by atoms with van der Waals surface area (Å²) in [4.78, 5) is 5.16. The second-order valence-corrected chi connectivity index (χ2v) is 5.69. The zero-order chi connectivity index (χ0) is 13.8. The van der Waals surface area contributed by atoms with Gasteiger partial charge in [0.25, 0.3) is 0 Å². The molecule has 0 saturated carbocycles. The number of imidazole rings is 1. The van der Waals surface area contributed by atoms with Gasteiger partial charge < -0.3 is 10.3 Å². The quantitative estimate of drug-likeness (QED) is 0.823. The molecule has 1 atom stereocenters. The van der Waals surface area contributed by atoms with Crippen LogP contribution < -0.4 is 5.73 Å². The summed E-state index contributed by atoms with van der Waals surface area (Å²) in [5.74, 6) is 1.62. The normalized spacial score (nSPS) is 12.7. The van der Waals surface area contributed by atoms with E-state index in [1.54, 1.807) is 0 Å². The van der Waals surface area contributed by atoms with Gasteiger partial charge in [-0.15, -0.1) is 0 Å². The number of hydrogen-bond donors (Lipinski definition) is 1. The van der Waals surface area contributed by atoms with Crippen LogP contribution in [0.3, 0.4) is 0 Å². The number of rotatable bonds is 6. The number of hydrogen-bond acceptors (Lipinski definition) is 2. The van der Waals surface area contributed by atoms with E-state index in [1.165, 1.54) is 18.4 Å². The summed E-state index contributed by atoms with van der Waals surface area (Å²) < 4.78 is 2.27. The lowest BCUT2D eigenvalue weighted by Crippen LogP contribution is -2.17. The molecule has 0 saturated heterocycles. The van der Waals surface area contributed by atoms with Crippen molar-refractivity contribution in [3.8, 4) is 0 Å². The molecule has 102 valence electrons. The number of benzene rings is 1. The monoisotopic (exact) mass is 275 g/mol. The van der Waals surface area contributed by atoms with Crippen LogP contribution in [0, 0.1) is 5.92 Å². The van der Waals surface area contributed by atoms with Gasteiger partial charge in [-0.1, -0.05) is 44.6 Å². The van der Waals surface area contributed by atoms with Gasteiger partial charge >= 0.3 is 0 Å². The van der Waals surface area contributed by atoms with E-state index in [0.29, 0.717) is 17.3 Å². The van der Waals surface area contributed by atoms with Crippen LogP contribution in [0.25, 0.3) is 11.0 Å². The molecule has 19 heavy (non-hydrogen) atoms. The van der Waals surface area contributed by atoms with Crippen molar-refractivity contribution >= 4 is 28.2 Å². The van der Waals surface area contributed by atoms with E-state index in [0.717, 1.165) is 17.9 Å². The maximum Gasteiger partial charge on any atom is 0.116 e. The third-order valence-electron chi connectivity index (χ3n) is 3.34. The fourth-order valence-corrected chi connectivity index (χ4v) is 2.64. The van der Waals surface area contributed by atoms with E-state index in [-0.39, 0.29) is 0 Å². The van der Waals surface area contributed by atoms with Crippen molar-refractivity contribution in [1.29, 1.82) is 0 Å². The molecule has 4 heteroatoms. The highest BCUT2D eigenvalue weighted by molar-refractivity contribution is 7.80. The number of para-hydroxylation sites is 2. The van der Waals surface area contributed by atoms with Crippen LogP contribution in [0.5, 0.6) is 0 Å². The van der Waals surface area contributed by atoms with Crippen LogP contribution >= 0.6 is 12.2 Å². The Labute approximate surface area is 119 Å². The van der Waals surface area contributed by atoms with Crippen molar-refractivity contribution in [1.82, 2.24) is 9.55 Å². The largest absolute Gasteiger partial charge is 0.393 e. The smallest absolute Gasteiger partial charge is 0.116 e. The lowest BCUT2D eigenvalue weighted by atomic mass is 10.1. The number of nitrogens with zero attached hydrogens (tertiary/aromatic N) is 2. The topological polar surface area (TPSA) is 43.8 Å². The molecule has 0 amide bonds. The Balaban J connectivity index is 2.39. The van der Waals surface area contributed by atoms with E-state index >= 15 is 0 Å². The highest BCUT2D eigenvalue weighted by Gasteiger charge is 2.13. The molecule has 0 aliphatic carbocycles. The Hall–Kier alpha value is -1.42. The van der Waals surface area contributed by atoms with Crippen molar-refractivity contribution in [2.45, 2.75) is 39.7 Å². The SMILES string of the molecule is CCCC(C)Cn1c(CC(N)=S)nc2ccccc21. The number of thiocarbonyl (C=S) groups is 1. The molecule has 0 radical (unpaired) electrons. The minimum Gasteiger partial charge on any atom is -0.393 e. The van der Waals surface area contributed by atoms with Crippen LogP contribution in [-0.4, -0.2) is 14.5 Å². The highest BCUT2D eigenvalue weighted by atomic mass is 32.1. The average Bonchev–Trinajstić information content (AvgIpc) is 2.67. The first-order chi connectivity index (χ1) is 9.11. The van der Waals surface area contributed by atoms with E-state index < -0.39 is 0 Å². The molecule has 2 N–H and O–H groups in total. The van der Waals surface area contributed by atoms with Crippen molar-refractivity contribution in [2.24, 2.45) is 11.7 Å². The summed E-state index contributed by atoms with van der Waals surface area (Å²) in [6.45, 7) is 5.48. The van der Waals surface area contributed by atoms with Gasteiger partial charge in [-0.2, -0.15) is 0 Å². The fraction of sp³-hybridized carbons (Fsp3) is 0.467. The lowest BCUT2D eigenvalue weighted by Gasteiger charge is -2.14. The van der Waals surface area contributed by atoms with Crippen LogP contribution in [0.1, 0.15) is 32.5 Å². The Morgan fingerprint density at radius 1 is 1.42 bits per heavy atom. The maximum atomic E-state index is 5.68. The van der Waals surface area contributed by atoms with E-state index in [4.69, 9.17) is 18.0 Å². The number of fused-ring (bicyclic) bond motifs is 1.